The number of carbonyl (C=O) groups excluding carboxylic acids is 2. The molecule has 1 aromatic carbocycles. The number of likely N-dealkylation sites (tertiary alicyclic amines) is 1. The summed E-state index contributed by atoms with van der Waals surface area (Å²) in [5, 5.41) is 6.45. The summed E-state index contributed by atoms with van der Waals surface area (Å²) in [6, 6.07) is 11.7. The van der Waals surface area contributed by atoms with Crippen molar-refractivity contribution in [1.82, 2.24) is 25.1 Å². The molecule has 2 aromatic heterocycles. The fourth-order valence-electron chi connectivity index (χ4n) is 4.89. The fraction of sp³-hybridized carbons (Fsp3) is 0.407. The first-order chi connectivity index (χ1) is 18.0. The molecule has 0 saturated carbocycles. The van der Waals surface area contributed by atoms with Crippen LogP contribution < -0.4 is 10.2 Å². The lowest BCUT2D eigenvalue weighted by atomic mass is 9.98. The van der Waals surface area contributed by atoms with Crippen molar-refractivity contribution in [1.29, 1.82) is 0 Å². The minimum atomic E-state index is -0.172. The van der Waals surface area contributed by atoms with Crippen LogP contribution in [0.25, 0.3) is 0 Å². The maximum atomic E-state index is 13.1. The summed E-state index contributed by atoms with van der Waals surface area (Å²) >= 11 is 7.55. The second-order valence-electron chi connectivity index (χ2n) is 9.53. The van der Waals surface area contributed by atoms with Crippen LogP contribution >= 0.6 is 22.9 Å². The maximum Gasteiger partial charge on any atom is 0.320 e. The molecule has 3 amide bonds. The van der Waals surface area contributed by atoms with Crippen LogP contribution in [0.4, 0.5) is 10.6 Å². The molecule has 1 N–H and O–H groups in total. The third-order valence-corrected chi connectivity index (χ3v) is 8.38. The Labute approximate surface area is 226 Å². The number of thiazole rings is 1. The van der Waals surface area contributed by atoms with E-state index < -0.39 is 0 Å². The molecular weight excluding hydrogens is 508 g/mol. The summed E-state index contributed by atoms with van der Waals surface area (Å²) in [5.74, 6) is 1.07. The van der Waals surface area contributed by atoms with E-state index in [1.165, 1.54) is 11.3 Å². The van der Waals surface area contributed by atoms with E-state index in [1.54, 1.807) is 6.20 Å². The molecule has 2 aliphatic rings. The van der Waals surface area contributed by atoms with Crippen LogP contribution in [0.15, 0.2) is 48.0 Å². The number of nitrogens with one attached hydrogen (secondary N) is 1. The lowest BCUT2D eigenvalue weighted by Crippen LogP contribution is -2.54. The number of halogens is 1. The SMILES string of the molecule is Cc1cc(Cl)ccc1CNC(=O)c1csc(C2CCN(C(=O)N3CCN(c4ccccn4)CC3)CC2)n1. The highest BCUT2D eigenvalue weighted by atomic mass is 35.5. The Morgan fingerprint density at radius 2 is 1.81 bits per heavy atom. The van der Waals surface area contributed by atoms with Gasteiger partial charge in [-0.25, -0.2) is 14.8 Å². The summed E-state index contributed by atoms with van der Waals surface area (Å²) in [6.45, 7) is 6.83. The fourth-order valence-corrected chi connectivity index (χ4v) is 6.09. The first-order valence-corrected chi connectivity index (χ1v) is 13.9. The average Bonchev–Trinajstić information content (AvgIpc) is 3.43. The van der Waals surface area contributed by atoms with Crippen LogP contribution in [0.1, 0.15) is 45.4 Å². The molecule has 4 heterocycles. The number of nitrogens with zero attached hydrogens (tertiary/aromatic N) is 5. The Bertz CT molecular complexity index is 1240. The van der Waals surface area contributed by atoms with E-state index in [4.69, 9.17) is 11.6 Å². The molecule has 2 saturated heterocycles. The highest BCUT2D eigenvalue weighted by Gasteiger charge is 2.30. The lowest BCUT2D eigenvalue weighted by molar-refractivity contribution is 0.0946. The van der Waals surface area contributed by atoms with Gasteiger partial charge in [0.15, 0.2) is 0 Å². The van der Waals surface area contributed by atoms with Gasteiger partial charge in [-0.05, 0) is 55.2 Å². The minimum absolute atomic E-state index is 0.121. The van der Waals surface area contributed by atoms with Crippen LogP contribution in [0.3, 0.4) is 0 Å². The number of aromatic nitrogens is 2. The molecule has 8 nitrogen and oxygen atoms in total. The number of urea groups is 1. The molecule has 0 bridgehead atoms. The predicted molar refractivity (Wildman–Crippen MR) is 146 cm³/mol. The van der Waals surface area contributed by atoms with E-state index in [9.17, 15) is 9.59 Å². The van der Waals surface area contributed by atoms with Crippen molar-refractivity contribution in [2.24, 2.45) is 0 Å². The van der Waals surface area contributed by atoms with Crippen molar-refractivity contribution < 1.29 is 9.59 Å². The van der Waals surface area contributed by atoms with Crippen molar-refractivity contribution in [2.75, 3.05) is 44.2 Å². The quantitative estimate of drug-likeness (QED) is 0.515. The molecule has 0 radical (unpaired) electrons. The largest absolute Gasteiger partial charge is 0.353 e. The van der Waals surface area contributed by atoms with E-state index in [-0.39, 0.29) is 17.9 Å². The Hall–Kier alpha value is -3.17. The summed E-state index contributed by atoms with van der Waals surface area (Å²) < 4.78 is 0. The van der Waals surface area contributed by atoms with Crippen LogP contribution in [-0.2, 0) is 6.54 Å². The third-order valence-electron chi connectivity index (χ3n) is 7.14. The number of piperazine rings is 1. The van der Waals surface area contributed by atoms with E-state index in [0.717, 1.165) is 47.9 Å². The number of amides is 3. The Kier molecular flexibility index (Phi) is 7.90. The van der Waals surface area contributed by atoms with Gasteiger partial charge in [0.05, 0.1) is 5.01 Å². The van der Waals surface area contributed by atoms with Gasteiger partial charge in [-0.3, -0.25) is 4.79 Å². The second kappa shape index (κ2) is 11.5. The molecule has 0 aliphatic carbocycles. The molecule has 3 aromatic rings. The molecule has 10 heteroatoms. The van der Waals surface area contributed by atoms with Gasteiger partial charge in [0.1, 0.15) is 11.5 Å². The zero-order valence-electron chi connectivity index (χ0n) is 20.9. The maximum absolute atomic E-state index is 13.1. The number of pyridine rings is 1. The van der Waals surface area contributed by atoms with Gasteiger partial charge < -0.3 is 20.0 Å². The number of anilines is 1. The molecule has 194 valence electrons. The van der Waals surface area contributed by atoms with Crippen LogP contribution in [-0.4, -0.2) is 71.0 Å². The van der Waals surface area contributed by atoms with Gasteiger partial charge in [-0.1, -0.05) is 23.7 Å². The number of benzene rings is 1. The zero-order chi connectivity index (χ0) is 25.8. The van der Waals surface area contributed by atoms with Crippen molar-refractivity contribution in [3.63, 3.8) is 0 Å². The Morgan fingerprint density at radius 1 is 1.05 bits per heavy atom. The summed E-state index contributed by atoms with van der Waals surface area (Å²) in [6.07, 6.45) is 3.52. The highest BCUT2D eigenvalue weighted by molar-refractivity contribution is 7.09. The van der Waals surface area contributed by atoms with Crippen molar-refractivity contribution >= 4 is 40.7 Å². The molecular formula is C27H31ClN6O2S. The second-order valence-corrected chi connectivity index (χ2v) is 10.9. The summed E-state index contributed by atoms with van der Waals surface area (Å²) in [7, 11) is 0. The first-order valence-electron chi connectivity index (χ1n) is 12.7. The van der Waals surface area contributed by atoms with Crippen LogP contribution in [0.5, 0.6) is 0 Å². The molecule has 5 rings (SSSR count). The topological polar surface area (TPSA) is 81.7 Å². The van der Waals surface area contributed by atoms with Crippen LogP contribution in [0, 0.1) is 6.92 Å². The molecule has 2 aliphatic heterocycles. The van der Waals surface area contributed by atoms with Crippen molar-refractivity contribution in [3.8, 4) is 0 Å². The standard InChI is InChI=1S/C27H31ClN6O2S/c1-19-16-22(28)6-5-21(19)17-30-25(35)23-18-37-26(31-23)20-7-10-33(11-8-20)27(36)34-14-12-32(13-15-34)24-4-2-3-9-29-24/h2-6,9,16,18,20H,7-8,10-15,17H2,1H3,(H,30,35). The van der Waals surface area contributed by atoms with E-state index in [0.29, 0.717) is 43.4 Å². The van der Waals surface area contributed by atoms with Crippen molar-refractivity contribution in [3.05, 3.63) is 74.8 Å². The lowest BCUT2D eigenvalue weighted by Gasteiger charge is -2.39. The molecule has 0 atom stereocenters. The summed E-state index contributed by atoms with van der Waals surface area (Å²) in [4.78, 5) is 41.0. The number of rotatable bonds is 5. The van der Waals surface area contributed by atoms with Gasteiger partial charge in [0.2, 0.25) is 0 Å². The zero-order valence-corrected chi connectivity index (χ0v) is 22.5. The third kappa shape index (κ3) is 6.05. The minimum Gasteiger partial charge on any atom is -0.353 e. The first kappa shape index (κ1) is 25.5. The molecule has 2 fully saturated rings. The van der Waals surface area contributed by atoms with Gasteiger partial charge in [-0.15, -0.1) is 11.3 Å². The number of hydrogen-bond acceptors (Lipinski definition) is 6. The number of carbonyl (C=O) groups is 2. The number of aryl methyl sites for hydroxylation is 1. The van der Waals surface area contributed by atoms with Gasteiger partial charge in [0, 0.05) is 68.3 Å². The molecule has 37 heavy (non-hydrogen) atoms. The Morgan fingerprint density at radius 3 is 2.51 bits per heavy atom. The van der Waals surface area contributed by atoms with Crippen LogP contribution in [0.2, 0.25) is 5.02 Å². The number of piperidine rings is 1. The molecule has 0 spiro atoms. The van der Waals surface area contributed by atoms with Gasteiger partial charge in [-0.2, -0.15) is 0 Å². The van der Waals surface area contributed by atoms with Gasteiger partial charge in [0.25, 0.3) is 5.91 Å². The monoisotopic (exact) mass is 538 g/mol. The van der Waals surface area contributed by atoms with Gasteiger partial charge >= 0.3 is 6.03 Å². The smallest absolute Gasteiger partial charge is 0.320 e. The summed E-state index contributed by atoms with van der Waals surface area (Å²) in [5.41, 5.74) is 2.53. The van der Waals surface area contributed by atoms with E-state index in [2.05, 4.69) is 20.2 Å². The van der Waals surface area contributed by atoms with E-state index >= 15 is 0 Å². The average molecular weight is 539 g/mol. The predicted octanol–water partition coefficient (Wildman–Crippen LogP) is 4.55. The molecule has 0 unspecified atom stereocenters. The Balaban J connectivity index is 1.09. The van der Waals surface area contributed by atoms with E-state index in [1.807, 2.05) is 58.5 Å². The highest BCUT2D eigenvalue weighted by Crippen LogP contribution is 2.31. The number of hydrogen-bond donors (Lipinski definition) is 1. The van der Waals surface area contributed by atoms with Crippen molar-refractivity contribution in [2.45, 2.75) is 32.2 Å². The normalized spacial score (nSPS) is 16.6.